The van der Waals surface area contributed by atoms with Gasteiger partial charge in [-0.3, -0.25) is 0 Å². The van der Waals surface area contributed by atoms with Crippen molar-refractivity contribution in [3.05, 3.63) is 70.8 Å². The minimum Gasteiger partial charge on any atom is -0.472 e. The van der Waals surface area contributed by atoms with Crippen LogP contribution in [0.5, 0.6) is 0 Å². The Hall–Kier alpha value is -1.76. The summed E-state index contributed by atoms with van der Waals surface area (Å²) in [7, 11) is 0. The van der Waals surface area contributed by atoms with E-state index in [9.17, 15) is 0 Å². The van der Waals surface area contributed by atoms with Gasteiger partial charge in [0.1, 0.15) is 0 Å². The lowest BCUT2D eigenvalue weighted by Crippen LogP contribution is -1.88. The van der Waals surface area contributed by atoms with Crippen LogP contribution >= 0.6 is 0 Å². The first-order valence-corrected chi connectivity index (χ1v) is 11.5. The molecule has 0 radical (unpaired) electrons. The van der Waals surface area contributed by atoms with Crippen molar-refractivity contribution in [1.82, 2.24) is 0 Å². The summed E-state index contributed by atoms with van der Waals surface area (Å²) >= 11 is 0. The van der Waals surface area contributed by atoms with Crippen LogP contribution in [0.4, 0.5) is 0 Å². The van der Waals surface area contributed by atoms with E-state index in [0.717, 1.165) is 25.2 Å². The van der Waals surface area contributed by atoms with Gasteiger partial charge in [0.05, 0.1) is 12.5 Å². The van der Waals surface area contributed by atoms with E-state index in [1.807, 2.05) is 6.26 Å². The molecule has 1 aromatic heterocycles. The summed E-state index contributed by atoms with van der Waals surface area (Å²) in [5, 5.41) is 0. The number of allylic oxidation sites excluding steroid dienone is 8. The molecule has 1 heterocycles. The van der Waals surface area contributed by atoms with Crippen LogP contribution in [0.15, 0.2) is 69.6 Å². The molecule has 0 unspecified atom stereocenters. The lowest BCUT2D eigenvalue weighted by molar-refractivity contribution is 0.564. The fraction of sp³-hybridized carbons (Fsp3) is 0.571. The Morgan fingerprint density at radius 3 is 1.69 bits per heavy atom. The number of hydrogen-bond acceptors (Lipinski definition) is 1. The van der Waals surface area contributed by atoms with Crippen molar-refractivity contribution in [2.45, 2.75) is 99.3 Å². The molecule has 29 heavy (non-hydrogen) atoms. The fourth-order valence-electron chi connectivity index (χ4n) is 3.59. The van der Waals surface area contributed by atoms with Gasteiger partial charge in [-0.15, -0.1) is 0 Å². The largest absolute Gasteiger partial charge is 0.472 e. The molecular weight excluding hydrogens is 352 g/mol. The summed E-state index contributed by atoms with van der Waals surface area (Å²) in [4.78, 5) is 0. The summed E-state index contributed by atoms with van der Waals surface area (Å²) in [5.41, 5.74) is 7.37. The van der Waals surface area contributed by atoms with E-state index >= 15 is 0 Å². The normalized spacial score (nSPS) is 14.2. The first kappa shape index (κ1) is 25.3. The highest BCUT2D eigenvalue weighted by Gasteiger charge is 1.97. The Morgan fingerprint density at radius 1 is 0.759 bits per heavy atom. The molecule has 1 aromatic rings. The van der Waals surface area contributed by atoms with Gasteiger partial charge in [0, 0.05) is 0 Å². The summed E-state index contributed by atoms with van der Waals surface area (Å²) in [5.74, 6) is 0.763. The lowest BCUT2D eigenvalue weighted by Gasteiger charge is -2.05. The molecule has 162 valence electrons. The average Bonchev–Trinajstić information content (AvgIpc) is 3.14. The molecule has 1 rings (SSSR count). The van der Waals surface area contributed by atoms with Crippen molar-refractivity contribution in [3.8, 4) is 0 Å². The molecule has 0 fully saturated rings. The minimum atomic E-state index is 0.763. The third kappa shape index (κ3) is 14.0. The van der Waals surface area contributed by atoms with E-state index in [-0.39, 0.29) is 0 Å². The van der Waals surface area contributed by atoms with E-state index in [4.69, 9.17) is 4.42 Å². The predicted molar refractivity (Wildman–Crippen MR) is 129 cm³/mol. The molecule has 0 atom stereocenters. The Kier molecular flexibility index (Phi) is 13.2. The maximum absolute atomic E-state index is 5.12. The van der Waals surface area contributed by atoms with Gasteiger partial charge < -0.3 is 4.42 Å². The molecule has 0 N–H and O–H groups in total. The molecule has 0 aliphatic rings. The topological polar surface area (TPSA) is 13.1 Å². The molecule has 0 spiro atoms. The van der Waals surface area contributed by atoms with E-state index < -0.39 is 0 Å². The van der Waals surface area contributed by atoms with Gasteiger partial charge in [0.2, 0.25) is 0 Å². The predicted octanol–water partition coefficient (Wildman–Crippen LogP) is 9.38. The van der Waals surface area contributed by atoms with Crippen LogP contribution in [0.3, 0.4) is 0 Å². The lowest BCUT2D eigenvalue weighted by atomic mass is 10.0. The molecule has 0 aliphatic carbocycles. The molecule has 0 aliphatic heterocycles. The van der Waals surface area contributed by atoms with Crippen molar-refractivity contribution in [2.75, 3.05) is 0 Å². The third-order valence-electron chi connectivity index (χ3n) is 5.33. The van der Waals surface area contributed by atoms with Crippen molar-refractivity contribution in [2.24, 2.45) is 5.92 Å². The van der Waals surface area contributed by atoms with Crippen LogP contribution in [0.2, 0.25) is 0 Å². The van der Waals surface area contributed by atoms with E-state index in [1.54, 1.807) is 6.26 Å². The molecule has 1 nitrogen and oxygen atoms in total. The van der Waals surface area contributed by atoms with Crippen LogP contribution < -0.4 is 0 Å². The number of aryl methyl sites for hydroxylation is 1. The Balaban J connectivity index is 2.19. The van der Waals surface area contributed by atoms with Gasteiger partial charge in [-0.2, -0.15) is 0 Å². The zero-order valence-corrected chi connectivity index (χ0v) is 19.9. The van der Waals surface area contributed by atoms with Crippen LogP contribution in [-0.4, -0.2) is 0 Å². The van der Waals surface area contributed by atoms with Crippen molar-refractivity contribution in [1.29, 1.82) is 0 Å². The highest BCUT2D eigenvalue weighted by molar-refractivity contribution is 5.09. The Bertz CT molecular complexity index is 665. The third-order valence-corrected chi connectivity index (χ3v) is 5.33. The molecule has 0 saturated carbocycles. The standard InChI is InChI=1S/C28H44O/c1-23(2)21-27(6)17-9-15-25(4)13-7-11-24(3)12-8-14-26(5)16-10-18-28-19-20-29-22-28/h12-13,16-17,19-20,22-23H,7-11,14-15,18,21H2,1-6H3/b24-12+,25-13+,26-16+,27-17+. The van der Waals surface area contributed by atoms with Crippen LogP contribution in [0, 0.1) is 5.92 Å². The first-order valence-electron chi connectivity index (χ1n) is 11.5. The monoisotopic (exact) mass is 396 g/mol. The van der Waals surface area contributed by atoms with E-state index in [1.165, 1.54) is 66.4 Å². The SMILES string of the molecule is C/C(=C\CC/C(C)=C/CCc1ccoc1)CC/C=C(\C)CC/C=C(\C)CC(C)C. The van der Waals surface area contributed by atoms with Crippen molar-refractivity contribution < 1.29 is 4.42 Å². The van der Waals surface area contributed by atoms with Crippen LogP contribution in [-0.2, 0) is 6.42 Å². The molecular formula is C28H44O. The average molecular weight is 397 g/mol. The summed E-state index contributed by atoms with van der Waals surface area (Å²) in [6, 6.07) is 2.05. The quantitative estimate of drug-likeness (QED) is 0.285. The van der Waals surface area contributed by atoms with Gasteiger partial charge in [-0.25, -0.2) is 0 Å². The minimum absolute atomic E-state index is 0.763. The van der Waals surface area contributed by atoms with Gasteiger partial charge in [0.15, 0.2) is 0 Å². The molecule has 0 aromatic carbocycles. The summed E-state index contributed by atoms with van der Waals surface area (Å²) < 4.78 is 5.12. The highest BCUT2D eigenvalue weighted by Crippen LogP contribution is 2.16. The van der Waals surface area contributed by atoms with Gasteiger partial charge in [-0.1, -0.05) is 60.4 Å². The zero-order chi connectivity index (χ0) is 21.5. The summed E-state index contributed by atoms with van der Waals surface area (Å²) in [6.45, 7) is 13.7. The maximum Gasteiger partial charge on any atom is 0.0934 e. The molecule has 0 saturated heterocycles. The van der Waals surface area contributed by atoms with Gasteiger partial charge >= 0.3 is 0 Å². The second-order valence-corrected chi connectivity index (χ2v) is 9.09. The molecule has 1 heteroatoms. The van der Waals surface area contributed by atoms with Gasteiger partial charge in [-0.05, 0) is 103 Å². The smallest absolute Gasteiger partial charge is 0.0934 e. The maximum atomic E-state index is 5.12. The van der Waals surface area contributed by atoms with Crippen LogP contribution in [0.25, 0.3) is 0 Å². The van der Waals surface area contributed by atoms with E-state index in [2.05, 4.69) is 71.9 Å². The van der Waals surface area contributed by atoms with Gasteiger partial charge in [0.25, 0.3) is 0 Å². The number of hydrogen-bond donors (Lipinski definition) is 0. The Labute approximate surface area is 180 Å². The molecule has 0 amide bonds. The second-order valence-electron chi connectivity index (χ2n) is 9.09. The van der Waals surface area contributed by atoms with Crippen molar-refractivity contribution >= 4 is 0 Å². The summed E-state index contributed by atoms with van der Waals surface area (Å²) in [6.07, 6.45) is 23.7. The fourth-order valence-corrected chi connectivity index (χ4v) is 3.59. The highest BCUT2D eigenvalue weighted by atomic mass is 16.3. The Morgan fingerprint density at radius 2 is 1.24 bits per heavy atom. The second kappa shape index (κ2) is 15.1. The van der Waals surface area contributed by atoms with Crippen LogP contribution in [0.1, 0.15) is 98.5 Å². The van der Waals surface area contributed by atoms with Crippen molar-refractivity contribution in [3.63, 3.8) is 0 Å². The molecule has 0 bridgehead atoms. The van der Waals surface area contributed by atoms with E-state index in [0.29, 0.717) is 0 Å². The number of furan rings is 1. The first-order chi connectivity index (χ1) is 13.9. The zero-order valence-electron chi connectivity index (χ0n) is 19.9. The number of rotatable bonds is 14.